The van der Waals surface area contributed by atoms with Crippen molar-refractivity contribution < 1.29 is 28.9 Å². The molecule has 0 saturated heterocycles. The van der Waals surface area contributed by atoms with E-state index in [0.29, 0.717) is 28.5 Å². The van der Waals surface area contributed by atoms with E-state index in [1.807, 2.05) is 0 Å². The number of anilines is 1. The first-order chi connectivity index (χ1) is 11.5. The third-order valence-electron chi connectivity index (χ3n) is 3.32. The number of ether oxygens (including phenoxy) is 3. The molecule has 0 aliphatic rings. The number of nitrogens with one attached hydrogen (secondary N) is 1. The van der Waals surface area contributed by atoms with Crippen LogP contribution in [-0.2, 0) is 0 Å². The van der Waals surface area contributed by atoms with E-state index in [-0.39, 0.29) is 5.56 Å². The number of methoxy groups -OCH3 is 3. The van der Waals surface area contributed by atoms with Crippen LogP contribution in [0.1, 0.15) is 20.7 Å². The third kappa shape index (κ3) is 3.57. The monoisotopic (exact) mass is 331 g/mol. The summed E-state index contributed by atoms with van der Waals surface area (Å²) in [5.74, 6) is -0.302. The highest BCUT2D eigenvalue weighted by molar-refractivity contribution is 6.05. The number of carboxylic acids is 1. The highest BCUT2D eigenvalue weighted by atomic mass is 16.5. The maximum atomic E-state index is 12.4. The average molecular weight is 331 g/mol. The Kier molecular flexibility index (Phi) is 5.26. The van der Waals surface area contributed by atoms with Crippen molar-refractivity contribution >= 4 is 17.6 Å². The molecule has 0 spiro atoms. The highest BCUT2D eigenvalue weighted by Gasteiger charge is 2.17. The molecule has 0 atom stereocenters. The first-order valence-corrected chi connectivity index (χ1v) is 6.95. The van der Waals surface area contributed by atoms with Crippen LogP contribution in [0.25, 0.3) is 0 Å². The Morgan fingerprint density at radius 1 is 0.875 bits per heavy atom. The van der Waals surface area contributed by atoms with Gasteiger partial charge in [-0.1, -0.05) is 0 Å². The molecule has 24 heavy (non-hydrogen) atoms. The predicted molar refractivity (Wildman–Crippen MR) is 87.5 cm³/mol. The number of benzene rings is 2. The molecule has 1 amide bonds. The van der Waals surface area contributed by atoms with Crippen LogP contribution in [0.4, 0.5) is 5.69 Å². The lowest BCUT2D eigenvalue weighted by Crippen LogP contribution is -2.12. The fourth-order valence-electron chi connectivity index (χ4n) is 2.11. The second kappa shape index (κ2) is 7.36. The maximum Gasteiger partial charge on any atom is 0.335 e. The van der Waals surface area contributed by atoms with Gasteiger partial charge >= 0.3 is 5.97 Å². The van der Waals surface area contributed by atoms with Crippen molar-refractivity contribution in [1.29, 1.82) is 0 Å². The van der Waals surface area contributed by atoms with Crippen molar-refractivity contribution in [3.8, 4) is 17.2 Å². The van der Waals surface area contributed by atoms with Crippen LogP contribution in [0.2, 0.25) is 0 Å². The Hall–Kier alpha value is -3.22. The van der Waals surface area contributed by atoms with E-state index < -0.39 is 11.9 Å². The highest BCUT2D eigenvalue weighted by Crippen LogP contribution is 2.38. The zero-order chi connectivity index (χ0) is 17.7. The third-order valence-corrected chi connectivity index (χ3v) is 3.32. The van der Waals surface area contributed by atoms with Gasteiger partial charge in [0.1, 0.15) is 0 Å². The van der Waals surface area contributed by atoms with Crippen LogP contribution in [0.5, 0.6) is 17.2 Å². The molecule has 126 valence electrons. The lowest BCUT2D eigenvalue weighted by molar-refractivity contribution is 0.0696. The molecular formula is C17H17NO6. The van der Waals surface area contributed by atoms with Crippen molar-refractivity contribution in [1.82, 2.24) is 0 Å². The number of carbonyl (C=O) groups excluding carboxylic acids is 1. The molecule has 0 heterocycles. The molecule has 0 aliphatic carbocycles. The standard InChI is InChI=1S/C17H17NO6/c1-22-13-8-11(9-14(23-2)15(13)24-3)16(19)18-12-6-4-10(5-7-12)17(20)21/h4-9H,1-3H3,(H,18,19)(H,20,21). The van der Waals surface area contributed by atoms with Crippen LogP contribution in [0, 0.1) is 0 Å². The summed E-state index contributed by atoms with van der Waals surface area (Å²) < 4.78 is 15.6. The van der Waals surface area contributed by atoms with Crippen LogP contribution in [0.3, 0.4) is 0 Å². The minimum absolute atomic E-state index is 0.140. The van der Waals surface area contributed by atoms with Crippen LogP contribution >= 0.6 is 0 Å². The van der Waals surface area contributed by atoms with Gasteiger partial charge in [-0.2, -0.15) is 0 Å². The van der Waals surface area contributed by atoms with Crippen LogP contribution in [-0.4, -0.2) is 38.3 Å². The summed E-state index contributed by atoms with van der Waals surface area (Å²) in [7, 11) is 4.40. The molecule has 7 heteroatoms. The summed E-state index contributed by atoms with van der Waals surface area (Å²) in [6.45, 7) is 0. The molecule has 0 radical (unpaired) electrons. The van der Waals surface area contributed by atoms with Crippen molar-refractivity contribution in [2.45, 2.75) is 0 Å². The average Bonchev–Trinajstić information content (AvgIpc) is 2.60. The lowest BCUT2D eigenvalue weighted by Gasteiger charge is -2.14. The predicted octanol–water partition coefficient (Wildman–Crippen LogP) is 2.66. The van der Waals surface area contributed by atoms with E-state index in [1.165, 1.54) is 57.7 Å². The summed E-state index contributed by atoms with van der Waals surface area (Å²) in [6.07, 6.45) is 0. The first-order valence-electron chi connectivity index (χ1n) is 6.95. The summed E-state index contributed by atoms with van der Waals surface area (Å²) in [4.78, 5) is 23.2. The van der Waals surface area contributed by atoms with Crippen molar-refractivity contribution in [3.05, 3.63) is 47.5 Å². The SMILES string of the molecule is COc1cc(C(=O)Nc2ccc(C(=O)O)cc2)cc(OC)c1OC. The molecule has 2 aromatic rings. The van der Waals surface area contributed by atoms with Gasteiger partial charge in [-0.25, -0.2) is 4.79 Å². The number of carbonyl (C=O) groups is 2. The van der Waals surface area contributed by atoms with Gasteiger partial charge in [0.25, 0.3) is 5.91 Å². The van der Waals surface area contributed by atoms with Gasteiger partial charge in [0.2, 0.25) is 5.75 Å². The van der Waals surface area contributed by atoms with Gasteiger partial charge < -0.3 is 24.6 Å². The fourth-order valence-corrected chi connectivity index (χ4v) is 2.11. The molecule has 0 aromatic heterocycles. The van der Waals surface area contributed by atoms with E-state index in [4.69, 9.17) is 19.3 Å². The quantitative estimate of drug-likeness (QED) is 0.845. The number of amides is 1. The minimum atomic E-state index is -1.03. The topological polar surface area (TPSA) is 94.1 Å². The number of aromatic carboxylic acids is 1. The molecule has 7 nitrogen and oxygen atoms in total. The first kappa shape index (κ1) is 17.1. The molecule has 2 aromatic carbocycles. The fraction of sp³-hybridized carbons (Fsp3) is 0.176. The molecule has 2 N–H and O–H groups in total. The van der Waals surface area contributed by atoms with Gasteiger partial charge in [-0.3, -0.25) is 4.79 Å². The van der Waals surface area contributed by atoms with Gasteiger partial charge in [0.15, 0.2) is 11.5 Å². The van der Waals surface area contributed by atoms with Crippen molar-refractivity contribution in [2.24, 2.45) is 0 Å². The second-order valence-electron chi connectivity index (χ2n) is 4.75. The maximum absolute atomic E-state index is 12.4. The zero-order valence-corrected chi connectivity index (χ0v) is 13.5. The summed E-state index contributed by atoms with van der Waals surface area (Å²) >= 11 is 0. The largest absolute Gasteiger partial charge is 0.493 e. The Bertz CT molecular complexity index is 729. The molecule has 0 unspecified atom stereocenters. The molecule has 2 rings (SSSR count). The number of rotatable bonds is 6. The Morgan fingerprint density at radius 3 is 1.83 bits per heavy atom. The van der Waals surface area contributed by atoms with Gasteiger partial charge in [0, 0.05) is 11.3 Å². The molecule has 0 aliphatic heterocycles. The number of carboxylic acid groups (broad SMARTS) is 1. The van der Waals surface area contributed by atoms with Crippen LogP contribution < -0.4 is 19.5 Å². The van der Waals surface area contributed by atoms with Gasteiger partial charge in [0.05, 0.1) is 26.9 Å². The molecule has 0 bridgehead atoms. The van der Waals surface area contributed by atoms with E-state index in [1.54, 1.807) is 0 Å². The van der Waals surface area contributed by atoms with Crippen molar-refractivity contribution in [2.75, 3.05) is 26.6 Å². The molecule has 0 fully saturated rings. The van der Waals surface area contributed by atoms with Gasteiger partial charge in [-0.15, -0.1) is 0 Å². The zero-order valence-electron chi connectivity index (χ0n) is 13.5. The Morgan fingerprint density at radius 2 is 1.42 bits per heavy atom. The van der Waals surface area contributed by atoms with Crippen LogP contribution in [0.15, 0.2) is 36.4 Å². The summed E-state index contributed by atoms with van der Waals surface area (Å²) in [5, 5.41) is 11.6. The molecular weight excluding hydrogens is 314 g/mol. The smallest absolute Gasteiger partial charge is 0.335 e. The normalized spacial score (nSPS) is 9.96. The Labute approximate surface area is 138 Å². The second-order valence-corrected chi connectivity index (χ2v) is 4.75. The summed E-state index contributed by atoms with van der Waals surface area (Å²) in [6, 6.07) is 8.91. The Balaban J connectivity index is 2.27. The van der Waals surface area contributed by atoms with E-state index in [9.17, 15) is 9.59 Å². The summed E-state index contributed by atoms with van der Waals surface area (Å²) in [5.41, 5.74) is 0.923. The van der Waals surface area contributed by atoms with E-state index in [0.717, 1.165) is 0 Å². The lowest BCUT2D eigenvalue weighted by atomic mass is 10.1. The number of hydrogen-bond donors (Lipinski definition) is 2. The van der Waals surface area contributed by atoms with E-state index >= 15 is 0 Å². The van der Waals surface area contributed by atoms with E-state index in [2.05, 4.69) is 5.32 Å². The number of hydrogen-bond acceptors (Lipinski definition) is 5. The molecule has 0 saturated carbocycles. The van der Waals surface area contributed by atoms with Gasteiger partial charge in [-0.05, 0) is 36.4 Å². The minimum Gasteiger partial charge on any atom is -0.493 e. The van der Waals surface area contributed by atoms with Crippen molar-refractivity contribution in [3.63, 3.8) is 0 Å².